The van der Waals surface area contributed by atoms with Gasteiger partial charge in [0.1, 0.15) is 23.4 Å². The van der Waals surface area contributed by atoms with Gasteiger partial charge in [-0.15, -0.1) is 0 Å². The van der Waals surface area contributed by atoms with Gasteiger partial charge in [-0.25, -0.2) is 4.98 Å². The summed E-state index contributed by atoms with van der Waals surface area (Å²) in [4.78, 5) is 26.2. The number of hydroxylamine groups is 2. The van der Waals surface area contributed by atoms with Gasteiger partial charge in [0.05, 0.1) is 23.6 Å². The van der Waals surface area contributed by atoms with Crippen molar-refractivity contribution in [1.29, 1.82) is 0 Å². The summed E-state index contributed by atoms with van der Waals surface area (Å²) in [6.45, 7) is 1.73. The normalized spacial score (nSPS) is 13.3. The fourth-order valence-electron chi connectivity index (χ4n) is 2.74. The van der Waals surface area contributed by atoms with Crippen LogP contribution in [0.4, 0.5) is 13.2 Å². The molecule has 30 heavy (non-hydrogen) atoms. The minimum atomic E-state index is -4.75. The maximum Gasteiger partial charge on any atom is 0.433 e. The number of hydrogen-bond acceptors (Lipinski definition) is 6. The molecule has 0 saturated carbocycles. The highest BCUT2D eigenvalue weighted by molar-refractivity contribution is 7.85. The van der Waals surface area contributed by atoms with Crippen LogP contribution in [0.5, 0.6) is 0 Å². The number of alkyl halides is 3. The average Bonchev–Trinajstić information content (AvgIpc) is 3.03. The number of aromatic nitrogens is 3. The van der Waals surface area contributed by atoms with Crippen LogP contribution in [0.25, 0.3) is 17.6 Å². The van der Waals surface area contributed by atoms with Gasteiger partial charge >= 0.3 is 11.9 Å². The Morgan fingerprint density at radius 3 is 2.57 bits per heavy atom. The van der Waals surface area contributed by atoms with Crippen LogP contribution in [0.2, 0.25) is 0 Å². The van der Waals surface area contributed by atoms with E-state index in [1.54, 1.807) is 19.1 Å². The lowest BCUT2D eigenvalue weighted by Gasteiger charge is -2.21. The fourth-order valence-corrected chi connectivity index (χ4v) is 3.68. The van der Waals surface area contributed by atoms with E-state index in [4.69, 9.17) is 4.84 Å². The van der Waals surface area contributed by atoms with E-state index in [1.807, 2.05) is 0 Å². The lowest BCUT2D eigenvalue weighted by Crippen LogP contribution is -2.43. The summed E-state index contributed by atoms with van der Waals surface area (Å²) in [7, 11) is 3.60. The van der Waals surface area contributed by atoms with Crippen LogP contribution in [0.3, 0.4) is 0 Å². The topological polar surface area (TPSA) is 77.5 Å². The molecule has 2 rings (SSSR count). The van der Waals surface area contributed by atoms with Crippen LogP contribution in [-0.2, 0) is 22.7 Å². The van der Waals surface area contributed by atoms with E-state index in [1.165, 1.54) is 29.7 Å². The molecule has 2 heterocycles. The number of rotatable bonds is 8. The van der Waals surface area contributed by atoms with Crippen LogP contribution in [0, 0.1) is 0 Å². The molecular weight excluding hydrogens is 425 g/mol. The molecule has 1 atom stereocenters. The molecule has 0 fully saturated rings. The van der Waals surface area contributed by atoms with E-state index in [0.717, 1.165) is 14.2 Å². The number of pyridine rings is 1. The van der Waals surface area contributed by atoms with E-state index < -0.39 is 22.7 Å². The number of nitrogens with zero attached hydrogens (tertiary/aromatic N) is 4. The van der Waals surface area contributed by atoms with Crippen LogP contribution >= 0.6 is 0 Å². The molecule has 0 bridgehead atoms. The van der Waals surface area contributed by atoms with E-state index in [9.17, 15) is 22.2 Å². The first-order valence-electron chi connectivity index (χ1n) is 8.67. The smallest absolute Gasteiger partial charge is 0.319 e. The van der Waals surface area contributed by atoms with Gasteiger partial charge in [0.2, 0.25) is 12.0 Å². The Labute approximate surface area is 173 Å². The molecule has 2 aromatic heterocycles. The first-order chi connectivity index (χ1) is 14.1. The Morgan fingerprint density at radius 2 is 2.07 bits per heavy atom. The lowest BCUT2D eigenvalue weighted by molar-refractivity contribution is -0.878. The van der Waals surface area contributed by atoms with Crippen molar-refractivity contribution in [3.63, 3.8) is 0 Å². The Bertz CT molecular complexity index is 989. The molecule has 0 saturated heterocycles. The van der Waals surface area contributed by atoms with Crippen molar-refractivity contribution in [2.75, 3.05) is 27.0 Å². The second kappa shape index (κ2) is 9.39. The highest BCUT2D eigenvalue weighted by atomic mass is 32.2. The number of halogens is 3. The van der Waals surface area contributed by atoms with E-state index in [0.29, 0.717) is 28.1 Å². The van der Waals surface area contributed by atoms with Gasteiger partial charge in [0.15, 0.2) is 6.29 Å². The first-order valence-corrected chi connectivity index (χ1v) is 9.99. The summed E-state index contributed by atoms with van der Waals surface area (Å²) >= 11 is 0. The molecule has 0 aromatic carbocycles. The predicted octanol–water partition coefficient (Wildman–Crippen LogP) is 1.77. The first kappa shape index (κ1) is 23.5. The summed E-state index contributed by atoms with van der Waals surface area (Å²) < 4.78 is 55.5. The van der Waals surface area contributed by atoms with Gasteiger partial charge in [-0.1, -0.05) is 6.92 Å². The number of imidazole rings is 1. The second-order valence-electron chi connectivity index (χ2n) is 5.95. The van der Waals surface area contributed by atoms with Crippen LogP contribution in [0.15, 0.2) is 28.9 Å². The van der Waals surface area contributed by atoms with Gasteiger partial charge in [-0.2, -0.15) is 13.2 Å². The Kier molecular flexibility index (Phi) is 7.37. The summed E-state index contributed by atoms with van der Waals surface area (Å²) in [5.41, 5.74) is -1.21. The molecule has 0 amide bonds. The summed E-state index contributed by atoms with van der Waals surface area (Å²) in [6, 6.07) is 3.23. The minimum absolute atomic E-state index is 0.101. The second-order valence-corrected chi connectivity index (χ2v) is 7.66. The zero-order valence-electron chi connectivity index (χ0n) is 17.1. The quantitative estimate of drug-likeness (QED) is 0.349. The Morgan fingerprint density at radius 1 is 1.40 bits per heavy atom. The van der Waals surface area contributed by atoms with Gasteiger partial charge < -0.3 is 4.57 Å². The van der Waals surface area contributed by atoms with Crippen LogP contribution in [0.1, 0.15) is 23.1 Å². The van der Waals surface area contributed by atoms with Crippen LogP contribution in [-0.4, -0.2) is 58.3 Å². The third-order valence-electron chi connectivity index (χ3n) is 4.30. The maximum absolute atomic E-state index is 13.5. The van der Waals surface area contributed by atoms with E-state index in [-0.39, 0.29) is 22.9 Å². The largest absolute Gasteiger partial charge is 0.433 e. The molecule has 0 aliphatic heterocycles. The third kappa shape index (κ3) is 4.54. The highest BCUT2D eigenvalue weighted by Gasteiger charge is 2.38. The zero-order chi connectivity index (χ0) is 22.6. The average molecular weight is 447 g/mol. The summed E-state index contributed by atoms with van der Waals surface area (Å²) in [5, 5.41) is 0.526. The van der Waals surface area contributed by atoms with Crippen molar-refractivity contribution >= 4 is 23.2 Å². The standard InChI is InChI=1S/C18H22F3N4O4S/c1-6-30(27)14-8-7-9-25(29-5)16(14)17-22-12(13(11-26)23(17)2)10-15(18(19,20)21)24(3)28-4/h7-11H,6H2,1-5H3/q+1/b15-10-. The summed E-state index contributed by atoms with van der Waals surface area (Å²) in [5.74, 6) is 0.416. The molecule has 0 aliphatic carbocycles. The number of allylic oxidation sites excluding steroid dienone is 1. The van der Waals surface area contributed by atoms with E-state index in [2.05, 4.69) is 9.82 Å². The molecule has 12 heteroatoms. The van der Waals surface area contributed by atoms with Crippen molar-refractivity contribution in [3.05, 3.63) is 35.4 Å². The van der Waals surface area contributed by atoms with Gasteiger partial charge in [-0.3, -0.25) is 23.7 Å². The number of carbonyl (C=O) groups is 1. The molecule has 0 aliphatic rings. The van der Waals surface area contributed by atoms with Crippen molar-refractivity contribution in [2.24, 2.45) is 7.05 Å². The Balaban J connectivity index is 2.83. The Hall–Kier alpha value is -2.73. The SMILES string of the molecule is CCS(=O)c1ccc[n+](OC)c1-c1nc(/C=C(\N(C)OC)C(F)(F)F)c(C=O)n1C. The van der Waals surface area contributed by atoms with Crippen molar-refractivity contribution in [3.8, 4) is 11.5 Å². The van der Waals surface area contributed by atoms with Gasteiger partial charge in [0.25, 0.3) is 0 Å². The molecule has 2 aromatic rings. The molecule has 0 spiro atoms. The highest BCUT2D eigenvalue weighted by Crippen LogP contribution is 2.31. The number of carbonyl (C=O) groups excluding carboxylic acids is 1. The lowest BCUT2D eigenvalue weighted by atomic mass is 10.2. The predicted molar refractivity (Wildman–Crippen MR) is 102 cm³/mol. The van der Waals surface area contributed by atoms with Crippen LogP contribution < -0.4 is 9.57 Å². The summed E-state index contributed by atoms with van der Waals surface area (Å²) in [6.07, 6.45) is -2.10. The molecule has 8 nitrogen and oxygen atoms in total. The molecular formula is C18H22F3N4O4S+. The van der Waals surface area contributed by atoms with Crippen molar-refractivity contribution in [1.82, 2.24) is 14.6 Å². The van der Waals surface area contributed by atoms with Gasteiger partial charge in [0, 0.05) is 30.6 Å². The molecule has 1 unspecified atom stereocenters. The molecule has 0 N–H and O–H groups in total. The third-order valence-corrected chi connectivity index (χ3v) is 5.64. The van der Waals surface area contributed by atoms with Gasteiger partial charge in [-0.05, 0) is 12.1 Å². The van der Waals surface area contributed by atoms with Crippen molar-refractivity contribution < 1.29 is 36.6 Å². The maximum atomic E-state index is 13.5. The monoisotopic (exact) mass is 447 g/mol. The van der Waals surface area contributed by atoms with Crippen molar-refractivity contribution in [2.45, 2.75) is 18.0 Å². The van der Waals surface area contributed by atoms with E-state index >= 15 is 0 Å². The number of aldehydes is 1. The minimum Gasteiger partial charge on any atom is -0.319 e. The number of hydrogen-bond donors (Lipinski definition) is 0. The fraction of sp³-hybridized carbons (Fsp3) is 0.389. The molecule has 164 valence electrons. The zero-order valence-corrected chi connectivity index (χ0v) is 17.9. The molecule has 0 radical (unpaired) electrons.